The summed E-state index contributed by atoms with van der Waals surface area (Å²) < 4.78 is 26.1. The maximum atomic E-state index is 13.6. The summed E-state index contributed by atoms with van der Waals surface area (Å²) in [6.07, 6.45) is 3.09. The number of anilines is 1. The number of ether oxygens (including phenoxy) is 2. The number of thioether (sulfide) groups is 1. The van der Waals surface area contributed by atoms with Gasteiger partial charge in [0.2, 0.25) is 5.44 Å². The van der Waals surface area contributed by atoms with Crippen LogP contribution in [0.2, 0.25) is 0 Å². The van der Waals surface area contributed by atoms with E-state index in [0.717, 1.165) is 30.0 Å². The van der Waals surface area contributed by atoms with Gasteiger partial charge in [-0.1, -0.05) is 27.2 Å². The second-order valence-corrected chi connectivity index (χ2v) is 8.82. The van der Waals surface area contributed by atoms with E-state index in [1.807, 2.05) is 0 Å². The summed E-state index contributed by atoms with van der Waals surface area (Å²) in [5.41, 5.74) is 3.74. The van der Waals surface area contributed by atoms with Crippen LogP contribution in [0.15, 0.2) is 11.0 Å². The van der Waals surface area contributed by atoms with Gasteiger partial charge in [0.25, 0.3) is 0 Å². The van der Waals surface area contributed by atoms with Crippen LogP contribution in [0.1, 0.15) is 46.3 Å². The molecule has 27 heavy (non-hydrogen) atoms. The first kappa shape index (κ1) is 20.1. The Morgan fingerprint density at radius 2 is 2.22 bits per heavy atom. The van der Waals surface area contributed by atoms with Crippen molar-refractivity contribution in [2.45, 2.75) is 57.8 Å². The van der Waals surface area contributed by atoms with E-state index < -0.39 is 35.0 Å². The van der Waals surface area contributed by atoms with Gasteiger partial charge in [0.05, 0.1) is 6.20 Å². The molecule has 0 radical (unpaired) electrons. The van der Waals surface area contributed by atoms with Gasteiger partial charge in [-0.15, -0.1) is 11.8 Å². The van der Waals surface area contributed by atoms with Crippen LogP contribution >= 0.6 is 11.8 Å². The molecule has 9 heteroatoms. The predicted molar refractivity (Wildman–Crippen MR) is 100 cm³/mol. The number of carbonyl (C=O) groups is 1. The number of hydrogen-bond acceptors (Lipinski definition) is 7. The van der Waals surface area contributed by atoms with Crippen molar-refractivity contribution in [1.82, 2.24) is 9.55 Å². The molecule has 7 nitrogen and oxygen atoms in total. The highest BCUT2D eigenvalue weighted by atomic mass is 32.2. The molecule has 1 aliphatic heterocycles. The number of nitrogens with zero attached hydrogens (tertiary/aromatic N) is 2. The lowest BCUT2D eigenvalue weighted by molar-refractivity contribution is -0.166. The van der Waals surface area contributed by atoms with Crippen molar-refractivity contribution in [3.63, 3.8) is 0 Å². The van der Waals surface area contributed by atoms with Crippen LogP contribution in [0.25, 0.3) is 0 Å². The van der Waals surface area contributed by atoms with Gasteiger partial charge in [0.15, 0.2) is 11.6 Å². The fourth-order valence-electron chi connectivity index (χ4n) is 3.78. The minimum Gasteiger partial charge on any atom is -0.459 e. The van der Waals surface area contributed by atoms with Gasteiger partial charge in [0.1, 0.15) is 12.3 Å². The Morgan fingerprint density at radius 3 is 2.93 bits per heavy atom. The Morgan fingerprint density at radius 1 is 1.48 bits per heavy atom. The molecule has 0 bridgehead atoms. The Hall–Kier alpha value is -1.61. The maximum Gasteiger partial charge on any atom is 0.351 e. The third kappa shape index (κ3) is 4.45. The van der Waals surface area contributed by atoms with Crippen molar-refractivity contribution in [1.29, 1.82) is 0 Å². The fraction of sp³-hybridized carbons (Fsp3) is 0.722. The monoisotopic (exact) mass is 399 g/mol. The third-order valence-electron chi connectivity index (χ3n) is 5.34. The molecular formula is C18H26FN3O4S. The highest BCUT2D eigenvalue weighted by Crippen LogP contribution is 2.37. The molecular weight excluding hydrogens is 373 g/mol. The number of rotatable bonds is 4. The Kier molecular flexibility index (Phi) is 6.10. The summed E-state index contributed by atoms with van der Waals surface area (Å²) in [4.78, 5) is 28.0. The number of nitrogens with two attached hydrogens (primary N) is 1. The average molecular weight is 399 g/mol. The van der Waals surface area contributed by atoms with E-state index in [1.54, 1.807) is 0 Å². The van der Waals surface area contributed by atoms with Crippen LogP contribution in [0.3, 0.4) is 0 Å². The van der Waals surface area contributed by atoms with E-state index >= 15 is 0 Å². The lowest BCUT2D eigenvalue weighted by Gasteiger charge is -2.37. The van der Waals surface area contributed by atoms with Crippen LogP contribution in [-0.4, -0.2) is 32.8 Å². The average Bonchev–Trinajstić information content (AvgIpc) is 3.08. The summed E-state index contributed by atoms with van der Waals surface area (Å²) in [6, 6.07) is 0. The molecule has 1 aliphatic carbocycles. The molecule has 0 spiro atoms. The maximum absolute atomic E-state index is 13.6. The topological polar surface area (TPSA) is 96.4 Å². The highest BCUT2D eigenvalue weighted by Gasteiger charge is 2.39. The molecule has 2 heterocycles. The van der Waals surface area contributed by atoms with Crippen LogP contribution < -0.4 is 11.4 Å². The van der Waals surface area contributed by atoms with Gasteiger partial charge in [-0.3, -0.25) is 4.57 Å². The zero-order valence-electron chi connectivity index (χ0n) is 15.8. The molecule has 1 saturated heterocycles. The molecule has 3 rings (SSSR count). The molecule has 150 valence electrons. The summed E-state index contributed by atoms with van der Waals surface area (Å²) in [7, 11) is 0. The number of aromatic nitrogens is 2. The Balaban J connectivity index is 1.65. The Bertz CT molecular complexity index is 757. The van der Waals surface area contributed by atoms with Crippen LogP contribution in [0.4, 0.5) is 10.2 Å². The van der Waals surface area contributed by atoms with E-state index in [1.165, 1.54) is 11.8 Å². The summed E-state index contributed by atoms with van der Waals surface area (Å²) in [5.74, 6) is -0.0872. The lowest BCUT2D eigenvalue weighted by atomic mass is 9.75. The molecule has 2 unspecified atom stereocenters. The van der Waals surface area contributed by atoms with E-state index in [-0.39, 0.29) is 6.10 Å². The largest absolute Gasteiger partial charge is 0.459 e. The minimum absolute atomic E-state index is 0.122. The van der Waals surface area contributed by atoms with Gasteiger partial charge < -0.3 is 15.2 Å². The summed E-state index contributed by atoms with van der Waals surface area (Å²) in [5, 5.41) is 0. The third-order valence-corrected chi connectivity index (χ3v) is 6.42. The molecule has 1 aromatic rings. The van der Waals surface area contributed by atoms with Gasteiger partial charge >= 0.3 is 11.7 Å². The van der Waals surface area contributed by atoms with Crippen molar-refractivity contribution in [3.8, 4) is 0 Å². The smallest absolute Gasteiger partial charge is 0.351 e. The van der Waals surface area contributed by atoms with Gasteiger partial charge in [-0.05, 0) is 30.6 Å². The van der Waals surface area contributed by atoms with Crippen molar-refractivity contribution < 1.29 is 18.7 Å². The number of carbonyl (C=O) groups excluding carboxylic acids is 1. The second kappa shape index (κ2) is 8.18. The predicted octanol–water partition coefficient (Wildman–Crippen LogP) is 2.56. The SMILES string of the molecule is CC(C)C1CC[C@H](C)CC1OC(=O)[C@@H]1O[C@H](n2cc(F)c(N)nc2=O)CS1. The normalized spacial score (nSPS) is 31.2. The van der Waals surface area contributed by atoms with E-state index in [2.05, 4.69) is 25.8 Å². The summed E-state index contributed by atoms with van der Waals surface area (Å²) >= 11 is 1.23. The van der Waals surface area contributed by atoms with Crippen molar-refractivity contribution >= 4 is 23.5 Å². The van der Waals surface area contributed by atoms with Gasteiger partial charge in [-0.25, -0.2) is 14.0 Å². The molecule has 5 atom stereocenters. The first-order valence-corrected chi connectivity index (χ1v) is 10.3. The van der Waals surface area contributed by atoms with Crippen molar-refractivity contribution in [2.75, 3.05) is 11.5 Å². The zero-order valence-corrected chi connectivity index (χ0v) is 16.6. The fourth-order valence-corrected chi connectivity index (χ4v) is 4.76. The lowest BCUT2D eigenvalue weighted by Crippen LogP contribution is -2.38. The standard InChI is InChI=1S/C18H26FN3O4S/c1-9(2)11-5-4-10(3)6-13(11)25-16(23)17-26-14(8-27-17)22-7-12(19)15(20)21-18(22)24/h7,9-11,13-14,17H,4-6,8H2,1-3H3,(H2,20,21,24)/t10-,11?,13?,14-,17+/m0/s1. The molecule has 1 saturated carbocycles. The van der Waals surface area contributed by atoms with E-state index in [4.69, 9.17) is 15.2 Å². The molecule has 2 fully saturated rings. The second-order valence-electron chi connectivity index (χ2n) is 7.72. The number of esters is 1. The van der Waals surface area contributed by atoms with Crippen LogP contribution in [0, 0.1) is 23.6 Å². The Labute approximate surface area is 161 Å². The molecule has 0 amide bonds. The van der Waals surface area contributed by atoms with E-state index in [9.17, 15) is 14.0 Å². The molecule has 2 aliphatic rings. The molecule has 2 N–H and O–H groups in total. The number of hydrogen-bond donors (Lipinski definition) is 1. The van der Waals surface area contributed by atoms with Crippen molar-refractivity contribution in [2.24, 2.45) is 17.8 Å². The summed E-state index contributed by atoms with van der Waals surface area (Å²) in [6.45, 7) is 6.46. The number of nitrogen functional groups attached to an aromatic ring is 1. The minimum atomic E-state index is -0.840. The molecule has 0 aromatic carbocycles. The first-order chi connectivity index (χ1) is 12.8. The number of halogens is 1. The molecule has 1 aromatic heterocycles. The zero-order chi connectivity index (χ0) is 19.7. The quantitative estimate of drug-likeness (QED) is 0.777. The van der Waals surface area contributed by atoms with Crippen molar-refractivity contribution in [3.05, 3.63) is 22.5 Å². The van der Waals surface area contributed by atoms with Gasteiger partial charge in [-0.2, -0.15) is 4.98 Å². The van der Waals surface area contributed by atoms with Crippen LogP contribution in [-0.2, 0) is 14.3 Å². The highest BCUT2D eigenvalue weighted by molar-refractivity contribution is 8.00. The van der Waals surface area contributed by atoms with Crippen LogP contribution in [0.5, 0.6) is 0 Å². The van der Waals surface area contributed by atoms with Gasteiger partial charge in [0, 0.05) is 5.75 Å². The van der Waals surface area contributed by atoms with E-state index in [0.29, 0.717) is 23.5 Å². The first-order valence-electron chi connectivity index (χ1n) is 9.28.